The van der Waals surface area contributed by atoms with Crippen LogP contribution in [-0.2, 0) is 5.41 Å². The monoisotopic (exact) mass is 349 g/mol. The number of benzene rings is 2. The largest absolute Gasteiger partial charge is 0.457 e. The van der Waals surface area contributed by atoms with E-state index < -0.39 is 0 Å². The van der Waals surface area contributed by atoms with Crippen molar-refractivity contribution in [2.75, 3.05) is 0 Å². The van der Waals surface area contributed by atoms with E-state index >= 15 is 0 Å². The molecule has 0 saturated heterocycles. The van der Waals surface area contributed by atoms with E-state index in [9.17, 15) is 0 Å². The Bertz CT molecular complexity index is 815. The fourth-order valence-electron chi connectivity index (χ4n) is 2.42. The molecule has 1 aromatic heterocycles. The minimum absolute atomic E-state index is 0.195. The fraction of sp³-hybridized carbons (Fsp3) is 0.227. The lowest BCUT2D eigenvalue weighted by molar-refractivity contribution is 0.478. The minimum atomic E-state index is 0.195. The van der Waals surface area contributed by atoms with Crippen LogP contribution in [-0.4, -0.2) is 6.21 Å². The van der Waals surface area contributed by atoms with Gasteiger partial charge in [-0.3, -0.25) is 4.99 Å². The van der Waals surface area contributed by atoms with Crippen molar-refractivity contribution in [2.45, 2.75) is 32.6 Å². The maximum Gasteiger partial charge on any atom is 0.127 e. The Labute approximate surface area is 153 Å². The second kappa shape index (κ2) is 7.66. The third-order valence-electron chi connectivity index (χ3n) is 4.48. The van der Waals surface area contributed by atoms with Crippen molar-refractivity contribution in [1.82, 2.24) is 0 Å². The predicted molar refractivity (Wildman–Crippen MR) is 108 cm³/mol. The molecule has 0 N–H and O–H groups in total. The third kappa shape index (κ3) is 4.58. The zero-order valence-electron chi connectivity index (χ0n) is 14.9. The maximum atomic E-state index is 5.94. The van der Waals surface area contributed by atoms with Gasteiger partial charge in [0.2, 0.25) is 0 Å². The lowest BCUT2D eigenvalue weighted by Crippen LogP contribution is -2.14. The summed E-state index contributed by atoms with van der Waals surface area (Å²) < 4.78 is 5.94. The van der Waals surface area contributed by atoms with Crippen LogP contribution in [0.2, 0.25) is 0 Å². The van der Waals surface area contributed by atoms with Crippen LogP contribution in [0.3, 0.4) is 0 Å². The summed E-state index contributed by atoms with van der Waals surface area (Å²) in [5.74, 6) is 1.67. The molecule has 3 heteroatoms. The molecule has 0 bridgehead atoms. The maximum absolute atomic E-state index is 5.94. The van der Waals surface area contributed by atoms with E-state index in [0.717, 1.165) is 28.5 Å². The molecule has 0 aliphatic heterocycles. The van der Waals surface area contributed by atoms with Crippen molar-refractivity contribution < 1.29 is 4.74 Å². The molecular formula is C22H23NOS. The molecule has 3 rings (SSSR count). The van der Waals surface area contributed by atoms with E-state index in [1.54, 1.807) is 11.3 Å². The molecule has 0 atom stereocenters. The Morgan fingerprint density at radius 2 is 1.60 bits per heavy atom. The first-order valence-corrected chi connectivity index (χ1v) is 9.41. The van der Waals surface area contributed by atoms with Crippen LogP contribution in [0.4, 0.5) is 5.69 Å². The number of ether oxygens (including phenoxy) is 1. The Kier molecular flexibility index (Phi) is 5.34. The van der Waals surface area contributed by atoms with Gasteiger partial charge in [-0.1, -0.05) is 39.0 Å². The molecule has 1 heterocycles. The van der Waals surface area contributed by atoms with Gasteiger partial charge in [0.25, 0.3) is 0 Å². The highest BCUT2D eigenvalue weighted by Crippen LogP contribution is 2.30. The summed E-state index contributed by atoms with van der Waals surface area (Å²) in [7, 11) is 0. The van der Waals surface area contributed by atoms with E-state index in [2.05, 4.69) is 44.0 Å². The average molecular weight is 349 g/mol. The molecule has 25 heavy (non-hydrogen) atoms. The molecule has 0 aliphatic carbocycles. The van der Waals surface area contributed by atoms with Gasteiger partial charge in [0.1, 0.15) is 11.5 Å². The molecule has 0 fully saturated rings. The Hall–Kier alpha value is -2.39. The molecule has 2 nitrogen and oxygen atoms in total. The Morgan fingerprint density at radius 1 is 0.960 bits per heavy atom. The van der Waals surface area contributed by atoms with Crippen LogP contribution >= 0.6 is 11.3 Å². The highest BCUT2D eigenvalue weighted by molar-refractivity contribution is 7.11. The zero-order valence-corrected chi connectivity index (χ0v) is 15.7. The topological polar surface area (TPSA) is 21.6 Å². The van der Waals surface area contributed by atoms with E-state index in [-0.39, 0.29) is 5.41 Å². The van der Waals surface area contributed by atoms with Gasteiger partial charge >= 0.3 is 0 Å². The summed E-state index contributed by atoms with van der Waals surface area (Å²) in [5.41, 5.74) is 2.45. The number of hydrogen-bond donors (Lipinski definition) is 0. The van der Waals surface area contributed by atoms with Gasteiger partial charge in [0, 0.05) is 11.1 Å². The summed E-state index contributed by atoms with van der Waals surface area (Å²) in [6, 6.07) is 20.3. The highest BCUT2D eigenvalue weighted by Gasteiger charge is 2.17. The molecule has 0 amide bonds. The number of thiophene rings is 1. The van der Waals surface area contributed by atoms with Gasteiger partial charge in [-0.2, -0.15) is 0 Å². The number of rotatable bonds is 6. The van der Waals surface area contributed by atoms with Crippen molar-refractivity contribution in [1.29, 1.82) is 0 Å². The molecule has 0 spiro atoms. The lowest BCUT2D eigenvalue weighted by atomic mass is 9.82. The Morgan fingerprint density at radius 3 is 2.16 bits per heavy atom. The first kappa shape index (κ1) is 17.4. The van der Waals surface area contributed by atoms with Crippen molar-refractivity contribution in [2.24, 2.45) is 4.99 Å². The van der Waals surface area contributed by atoms with Crippen LogP contribution in [0.5, 0.6) is 11.5 Å². The van der Waals surface area contributed by atoms with Crippen LogP contribution in [0.25, 0.3) is 0 Å². The number of hydrogen-bond acceptors (Lipinski definition) is 3. The molecule has 0 aliphatic rings. The van der Waals surface area contributed by atoms with Gasteiger partial charge in [-0.25, -0.2) is 0 Å². The third-order valence-corrected chi connectivity index (χ3v) is 5.28. The van der Waals surface area contributed by atoms with E-state index in [4.69, 9.17) is 4.74 Å². The first-order valence-electron chi connectivity index (χ1n) is 8.53. The van der Waals surface area contributed by atoms with Gasteiger partial charge in [-0.15, -0.1) is 11.3 Å². The molecule has 2 aromatic carbocycles. The summed E-state index contributed by atoms with van der Waals surface area (Å²) >= 11 is 1.68. The van der Waals surface area contributed by atoms with Crippen LogP contribution in [0.15, 0.2) is 71.0 Å². The van der Waals surface area contributed by atoms with E-state index in [1.165, 1.54) is 5.56 Å². The molecule has 0 radical (unpaired) electrons. The zero-order chi connectivity index (χ0) is 17.7. The van der Waals surface area contributed by atoms with Gasteiger partial charge < -0.3 is 4.74 Å². The average Bonchev–Trinajstić information content (AvgIpc) is 3.15. The normalized spacial score (nSPS) is 11.8. The molecule has 3 aromatic rings. The van der Waals surface area contributed by atoms with E-state index in [0.29, 0.717) is 0 Å². The summed E-state index contributed by atoms with van der Waals surface area (Å²) in [6.07, 6.45) is 3.00. The van der Waals surface area contributed by atoms with Crippen LogP contribution in [0.1, 0.15) is 37.6 Å². The second-order valence-corrected chi connectivity index (χ2v) is 7.61. The van der Waals surface area contributed by atoms with Gasteiger partial charge in [-0.05, 0) is 65.2 Å². The molecule has 0 saturated carbocycles. The smallest absolute Gasteiger partial charge is 0.127 e. The standard InChI is InChI=1S/C22H23NOS/c1-4-22(2,3)17-7-11-19(12-8-17)24-20-13-9-18(10-14-20)23-16-21-6-5-15-25-21/h5-16H,4H2,1-3H3. The molecular weight excluding hydrogens is 326 g/mol. The SMILES string of the molecule is CCC(C)(C)c1ccc(Oc2ccc(N=Cc3cccs3)cc2)cc1. The Balaban J connectivity index is 1.65. The van der Waals surface area contributed by atoms with Crippen LogP contribution < -0.4 is 4.74 Å². The van der Waals surface area contributed by atoms with Gasteiger partial charge in [0.15, 0.2) is 0 Å². The highest BCUT2D eigenvalue weighted by atomic mass is 32.1. The lowest BCUT2D eigenvalue weighted by Gasteiger charge is -2.23. The summed E-state index contributed by atoms with van der Waals surface area (Å²) in [5, 5.41) is 2.05. The summed E-state index contributed by atoms with van der Waals surface area (Å²) in [4.78, 5) is 5.62. The van der Waals surface area contributed by atoms with Crippen molar-refractivity contribution in [3.05, 3.63) is 76.5 Å². The second-order valence-electron chi connectivity index (χ2n) is 6.63. The van der Waals surface area contributed by atoms with Crippen molar-refractivity contribution >= 4 is 23.2 Å². The molecule has 0 unspecified atom stereocenters. The predicted octanol–water partition coefficient (Wildman–Crippen LogP) is 6.98. The van der Waals surface area contributed by atoms with Gasteiger partial charge in [0.05, 0.1) is 5.69 Å². The fourth-order valence-corrected chi connectivity index (χ4v) is 3.00. The molecule has 128 valence electrons. The first-order chi connectivity index (χ1) is 12.1. The van der Waals surface area contributed by atoms with Crippen molar-refractivity contribution in [3.63, 3.8) is 0 Å². The minimum Gasteiger partial charge on any atom is -0.457 e. The van der Waals surface area contributed by atoms with Crippen LogP contribution in [0, 0.1) is 0 Å². The van der Waals surface area contributed by atoms with E-state index in [1.807, 2.05) is 54.1 Å². The number of aliphatic imine (C=N–C) groups is 1. The van der Waals surface area contributed by atoms with Crippen molar-refractivity contribution in [3.8, 4) is 11.5 Å². The summed E-state index contributed by atoms with van der Waals surface area (Å²) in [6.45, 7) is 6.74. The quantitative estimate of drug-likeness (QED) is 0.440. The number of nitrogens with zero attached hydrogens (tertiary/aromatic N) is 1.